The van der Waals surface area contributed by atoms with Crippen LogP contribution in [0, 0.1) is 6.92 Å². The highest BCUT2D eigenvalue weighted by atomic mass is 14.9. The van der Waals surface area contributed by atoms with E-state index in [0.29, 0.717) is 0 Å². The molecule has 0 aliphatic carbocycles. The van der Waals surface area contributed by atoms with E-state index in [1.54, 1.807) is 0 Å². The summed E-state index contributed by atoms with van der Waals surface area (Å²) < 4.78 is 0. The van der Waals surface area contributed by atoms with Gasteiger partial charge in [-0.2, -0.15) is 0 Å². The first-order valence-corrected chi connectivity index (χ1v) is 5.25. The molecular formula is C14H19N. The second-order valence-electron chi connectivity index (χ2n) is 3.82. The Hall–Kier alpha value is -1.50. The Morgan fingerprint density at radius 3 is 2.80 bits per heavy atom. The van der Waals surface area contributed by atoms with Gasteiger partial charge in [-0.1, -0.05) is 30.9 Å². The van der Waals surface area contributed by atoms with Crippen LogP contribution >= 0.6 is 0 Å². The molecule has 0 spiro atoms. The third kappa shape index (κ3) is 3.62. The maximum Gasteiger partial charge on any atom is 0.0397 e. The fourth-order valence-corrected chi connectivity index (χ4v) is 1.41. The topological polar surface area (TPSA) is 12.0 Å². The van der Waals surface area contributed by atoms with Crippen LogP contribution in [0.1, 0.15) is 30.5 Å². The van der Waals surface area contributed by atoms with E-state index in [2.05, 4.69) is 49.2 Å². The zero-order valence-electron chi connectivity index (χ0n) is 9.80. The van der Waals surface area contributed by atoms with Gasteiger partial charge in [-0.25, -0.2) is 0 Å². The van der Waals surface area contributed by atoms with Crippen LogP contribution in [-0.2, 0) is 6.54 Å². The Morgan fingerprint density at radius 2 is 2.20 bits per heavy atom. The van der Waals surface area contributed by atoms with Crippen LogP contribution in [0.3, 0.4) is 0 Å². The van der Waals surface area contributed by atoms with Crippen LogP contribution in [0.15, 0.2) is 36.6 Å². The van der Waals surface area contributed by atoms with Crippen molar-refractivity contribution in [3.05, 3.63) is 53.2 Å². The maximum absolute atomic E-state index is 3.82. The van der Waals surface area contributed by atoms with Crippen LogP contribution in [-0.4, -0.2) is 0 Å². The van der Waals surface area contributed by atoms with Crippen LogP contribution in [0.4, 0.5) is 0 Å². The summed E-state index contributed by atoms with van der Waals surface area (Å²) in [6.45, 7) is 10.8. The molecule has 0 bridgehead atoms. The standard InChI is InChI=1S/C14H19N/c1-5-6-14-9-13(8-7-12(14)4)10-15-11(2)3/h5-9,15H,2,10H2,1,3-4H3/b6-5-. The van der Waals surface area contributed by atoms with Gasteiger partial charge in [0.2, 0.25) is 0 Å². The summed E-state index contributed by atoms with van der Waals surface area (Å²) in [7, 11) is 0. The number of aryl methyl sites for hydroxylation is 1. The molecule has 0 aliphatic rings. The minimum Gasteiger partial charge on any atom is -0.385 e. The summed E-state index contributed by atoms with van der Waals surface area (Å²) in [6, 6.07) is 6.52. The molecule has 0 aromatic heterocycles. The summed E-state index contributed by atoms with van der Waals surface area (Å²) in [6.07, 6.45) is 4.21. The average Bonchev–Trinajstić information content (AvgIpc) is 2.19. The van der Waals surface area contributed by atoms with Crippen LogP contribution in [0.25, 0.3) is 6.08 Å². The molecular weight excluding hydrogens is 182 g/mol. The molecule has 0 unspecified atom stereocenters. The molecule has 80 valence electrons. The summed E-state index contributed by atoms with van der Waals surface area (Å²) in [5.41, 5.74) is 4.89. The second kappa shape index (κ2) is 5.40. The molecule has 0 atom stereocenters. The van der Waals surface area contributed by atoms with E-state index in [0.717, 1.165) is 12.2 Å². The van der Waals surface area contributed by atoms with Crippen LogP contribution in [0.2, 0.25) is 0 Å². The lowest BCUT2D eigenvalue weighted by molar-refractivity contribution is 0.815. The lowest BCUT2D eigenvalue weighted by Gasteiger charge is -2.08. The first-order chi connectivity index (χ1) is 7.13. The predicted octanol–water partition coefficient (Wildman–Crippen LogP) is 3.65. The number of rotatable bonds is 4. The number of allylic oxidation sites excluding steroid dienone is 2. The summed E-state index contributed by atoms with van der Waals surface area (Å²) in [5, 5.41) is 3.23. The van der Waals surface area contributed by atoms with E-state index in [1.807, 2.05) is 13.8 Å². The molecule has 1 aromatic carbocycles. The summed E-state index contributed by atoms with van der Waals surface area (Å²) in [4.78, 5) is 0. The molecule has 0 radical (unpaired) electrons. The van der Waals surface area contributed by atoms with Gasteiger partial charge in [-0.05, 0) is 43.5 Å². The molecule has 15 heavy (non-hydrogen) atoms. The van der Waals surface area contributed by atoms with Crippen molar-refractivity contribution in [1.82, 2.24) is 5.32 Å². The SMILES string of the molecule is C=C(C)NCc1ccc(C)c(/C=C\C)c1. The van der Waals surface area contributed by atoms with Crippen molar-refractivity contribution in [2.45, 2.75) is 27.3 Å². The molecule has 1 N–H and O–H groups in total. The Bertz CT molecular complexity index is 375. The van der Waals surface area contributed by atoms with Crippen molar-refractivity contribution in [1.29, 1.82) is 0 Å². The normalized spacial score (nSPS) is 10.6. The Morgan fingerprint density at radius 1 is 1.47 bits per heavy atom. The number of nitrogens with one attached hydrogen (secondary N) is 1. The first-order valence-electron chi connectivity index (χ1n) is 5.25. The quantitative estimate of drug-likeness (QED) is 0.784. The third-order valence-corrected chi connectivity index (χ3v) is 2.28. The maximum atomic E-state index is 3.82. The molecule has 0 heterocycles. The van der Waals surface area contributed by atoms with Crippen LogP contribution < -0.4 is 5.32 Å². The minimum atomic E-state index is 0.847. The van der Waals surface area contributed by atoms with Gasteiger partial charge in [0.05, 0.1) is 0 Å². The monoisotopic (exact) mass is 201 g/mol. The van der Waals surface area contributed by atoms with E-state index < -0.39 is 0 Å². The smallest absolute Gasteiger partial charge is 0.0397 e. The van der Waals surface area contributed by atoms with Crippen molar-refractivity contribution in [3.63, 3.8) is 0 Å². The average molecular weight is 201 g/mol. The van der Waals surface area contributed by atoms with Crippen molar-refractivity contribution >= 4 is 6.08 Å². The largest absolute Gasteiger partial charge is 0.385 e. The van der Waals surface area contributed by atoms with Gasteiger partial charge in [0.1, 0.15) is 0 Å². The van der Waals surface area contributed by atoms with Gasteiger partial charge in [-0.15, -0.1) is 0 Å². The fraction of sp³-hybridized carbons (Fsp3) is 0.286. The fourth-order valence-electron chi connectivity index (χ4n) is 1.41. The molecule has 0 saturated heterocycles. The van der Waals surface area contributed by atoms with Gasteiger partial charge < -0.3 is 5.32 Å². The third-order valence-electron chi connectivity index (χ3n) is 2.28. The summed E-state index contributed by atoms with van der Waals surface area (Å²) >= 11 is 0. The number of hydrogen-bond acceptors (Lipinski definition) is 1. The van der Waals surface area contributed by atoms with Gasteiger partial charge in [0.25, 0.3) is 0 Å². The molecule has 0 amide bonds. The zero-order valence-corrected chi connectivity index (χ0v) is 9.80. The van der Waals surface area contributed by atoms with Crippen molar-refractivity contribution in [2.75, 3.05) is 0 Å². The number of hydrogen-bond donors (Lipinski definition) is 1. The van der Waals surface area contributed by atoms with Gasteiger partial charge in [-0.3, -0.25) is 0 Å². The molecule has 1 aromatic rings. The van der Waals surface area contributed by atoms with E-state index >= 15 is 0 Å². The van der Waals surface area contributed by atoms with Gasteiger partial charge >= 0.3 is 0 Å². The van der Waals surface area contributed by atoms with Crippen LogP contribution in [0.5, 0.6) is 0 Å². The molecule has 0 aliphatic heterocycles. The highest BCUT2D eigenvalue weighted by molar-refractivity contribution is 5.54. The van der Waals surface area contributed by atoms with Crippen molar-refractivity contribution in [2.24, 2.45) is 0 Å². The Kier molecular flexibility index (Phi) is 4.17. The van der Waals surface area contributed by atoms with Gasteiger partial charge in [0.15, 0.2) is 0 Å². The predicted molar refractivity (Wildman–Crippen MR) is 67.5 cm³/mol. The van der Waals surface area contributed by atoms with E-state index in [9.17, 15) is 0 Å². The van der Waals surface area contributed by atoms with Gasteiger partial charge in [0, 0.05) is 12.2 Å². The number of benzene rings is 1. The molecule has 0 fully saturated rings. The molecule has 0 saturated carbocycles. The van der Waals surface area contributed by atoms with Crippen molar-refractivity contribution in [3.8, 4) is 0 Å². The first kappa shape index (κ1) is 11.6. The molecule has 1 rings (SSSR count). The zero-order chi connectivity index (χ0) is 11.3. The Labute approximate surface area is 92.5 Å². The second-order valence-corrected chi connectivity index (χ2v) is 3.82. The minimum absolute atomic E-state index is 0.847. The van der Waals surface area contributed by atoms with E-state index in [-0.39, 0.29) is 0 Å². The van der Waals surface area contributed by atoms with E-state index in [1.165, 1.54) is 16.7 Å². The highest BCUT2D eigenvalue weighted by Crippen LogP contribution is 2.13. The van der Waals surface area contributed by atoms with Crippen molar-refractivity contribution < 1.29 is 0 Å². The molecule has 1 nitrogen and oxygen atoms in total. The lowest BCUT2D eigenvalue weighted by atomic mass is 10.0. The Balaban J connectivity index is 2.82. The van der Waals surface area contributed by atoms with E-state index in [4.69, 9.17) is 0 Å². The highest BCUT2D eigenvalue weighted by Gasteiger charge is 1.97. The summed E-state index contributed by atoms with van der Waals surface area (Å²) in [5.74, 6) is 0. The lowest BCUT2D eigenvalue weighted by Crippen LogP contribution is -2.09. The molecule has 1 heteroatoms.